The van der Waals surface area contributed by atoms with Crippen LogP contribution in [0, 0.1) is 5.41 Å². The van der Waals surface area contributed by atoms with Crippen molar-refractivity contribution in [3.8, 4) is 0 Å². The second-order valence-corrected chi connectivity index (χ2v) is 7.69. The van der Waals surface area contributed by atoms with Gasteiger partial charge in [-0.15, -0.1) is 0 Å². The van der Waals surface area contributed by atoms with Gasteiger partial charge in [-0.3, -0.25) is 19.8 Å². The summed E-state index contributed by atoms with van der Waals surface area (Å²) < 4.78 is 0. The zero-order valence-electron chi connectivity index (χ0n) is 13.5. The number of aromatic nitrogens is 2. The van der Waals surface area contributed by atoms with Crippen LogP contribution in [0.4, 0.5) is 5.82 Å². The van der Waals surface area contributed by atoms with Crippen LogP contribution >= 0.6 is 11.6 Å². The first kappa shape index (κ1) is 15.3. The lowest BCUT2D eigenvalue weighted by Gasteiger charge is -2.38. The van der Waals surface area contributed by atoms with E-state index in [1.807, 2.05) is 18.2 Å². The van der Waals surface area contributed by atoms with Gasteiger partial charge < -0.3 is 5.32 Å². The van der Waals surface area contributed by atoms with Gasteiger partial charge in [-0.05, 0) is 23.5 Å². The number of H-pyrrole nitrogens is 2. The summed E-state index contributed by atoms with van der Waals surface area (Å²) in [4.78, 5) is 25.3. The third kappa shape index (κ3) is 2.23. The van der Waals surface area contributed by atoms with Crippen LogP contribution in [-0.2, 0) is 4.79 Å². The molecule has 0 bridgehead atoms. The van der Waals surface area contributed by atoms with Crippen molar-refractivity contribution in [2.75, 3.05) is 5.32 Å². The maximum absolute atomic E-state index is 12.9. The summed E-state index contributed by atoms with van der Waals surface area (Å²) in [6.45, 7) is 4.16. The van der Waals surface area contributed by atoms with Crippen LogP contribution in [0.3, 0.4) is 0 Å². The normalized spacial score (nSPS) is 22.0. The fraction of sp³-hybridized carbons (Fsp3) is 0.333. The molecular weight excluding hydrogens is 326 g/mol. The molecule has 0 saturated heterocycles. The van der Waals surface area contributed by atoms with Crippen molar-refractivity contribution in [1.29, 1.82) is 0 Å². The molecule has 1 atom stereocenters. The van der Waals surface area contributed by atoms with Gasteiger partial charge >= 0.3 is 0 Å². The topological polar surface area (TPSA) is 77.8 Å². The summed E-state index contributed by atoms with van der Waals surface area (Å²) in [5.41, 5.74) is 2.51. The quantitative estimate of drug-likeness (QED) is 0.741. The number of benzene rings is 1. The molecule has 3 N–H and O–H groups in total. The predicted molar refractivity (Wildman–Crippen MR) is 93.4 cm³/mol. The number of Topliss-reactive ketones (excluding diaryl/α,β-unsaturated/α-hetero) is 1. The average Bonchev–Trinajstić information content (AvgIpc) is 2.86. The van der Waals surface area contributed by atoms with E-state index >= 15 is 0 Å². The zero-order chi connectivity index (χ0) is 17.1. The maximum atomic E-state index is 12.9. The van der Waals surface area contributed by atoms with E-state index in [-0.39, 0.29) is 16.8 Å². The van der Waals surface area contributed by atoms with E-state index < -0.39 is 5.92 Å². The number of ketones is 1. The fourth-order valence-corrected chi connectivity index (χ4v) is 4.08. The largest absolute Gasteiger partial charge is 0.343 e. The Morgan fingerprint density at radius 1 is 1.12 bits per heavy atom. The average molecular weight is 344 g/mol. The molecule has 0 fully saturated rings. The molecule has 1 aliphatic carbocycles. The second kappa shape index (κ2) is 5.11. The van der Waals surface area contributed by atoms with Crippen molar-refractivity contribution in [3.05, 3.63) is 62.0 Å². The van der Waals surface area contributed by atoms with Gasteiger partial charge in [-0.25, -0.2) is 0 Å². The monoisotopic (exact) mass is 343 g/mol. The second-order valence-electron chi connectivity index (χ2n) is 7.28. The molecule has 0 saturated carbocycles. The number of rotatable bonds is 1. The molecule has 1 aliphatic heterocycles. The number of hydrogen-bond acceptors (Lipinski definition) is 3. The molecule has 4 rings (SSSR count). The Hall–Kier alpha value is -2.27. The van der Waals surface area contributed by atoms with E-state index in [9.17, 15) is 9.59 Å². The maximum Gasteiger partial charge on any atom is 0.270 e. The standard InChI is InChI=1S/C18H18ClN3O2/c1-18(2)7-11-14(12(23)8-18)13(9-5-3-4-6-10(9)19)15-16(20-11)21-22-17(15)24/h3-6,13H,7-8H2,1-2H3,(H3,20,21,22,24). The third-order valence-electron chi connectivity index (χ3n) is 4.80. The van der Waals surface area contributed by atoms with E-state index in [0.29, 0.717) is 28.4 Å². The molecule has 5 nitrogen and oxygen atoms in total. The Bertz CT molecular complexity index is 936. The summed E-state index contributed by atoms with van der Waals surface area (Å²) in [7, 11) is 0. The number of carbonyl (C=O) groups is 1. The number of hydrogen-bond donors (Lipinski definition) is 3. The highest BCUT2D eigenvalue weighted by molar-refractivity contribution is 6.31. The fourth-order valence-electron chi connectivity index (χ4n) is 3.84. The van der Waals surface area contributed by atoms with Crippen molar-refractivity contribution in [2.45, 2.75) is 32.6 Å². The molecule has 0 radical (unpaired) electrons. The highest BCUT2D eigenvalue weighted by atomic mass is 35.5. The van der Waals surface area contributed by atoms with Gasteiger partial charge in [-0.1, -0.05) is 43.6 Å². The number of carbonyl (C=O) groups excluding carboxylic acids is 1. The molecular formula is C18H18ClN3O2. The summed E-state index contributed by atoms with van der Waals surface area (Å²) >= 11 is 6.40. The molecule has 6 heteroatoms. The van der Waals surface area contributed by atoms with Crippen LogP contribution in [0.25, 0.3) is 0 Å². The zero-order valence-corrected chi connectivity index (χ0v) is 14.3. The number of anilines is 1. The van der Waals surface area contributed by atoms with Crippen molar-refractivity contribution >= 4 is 23.2 Å². The van der Waals surface area contributed by atoms with Gasteiger partial charge in [0.15, 0.2) is 5.78 Å². The van der Waals surface area contributed by atoms with Gasteiger partial charge in [-0.2, -0.15) is 0 Å². The molecule has 124 valence electrons. The molecule has 1 unspecified atom stereocenters. The smallest absolute Gasteiger partial charge is 0.270 e. The summed E-state index contributed by atoms with van der Waals surface area (Å²) in [6.07, 6.45) is 1.22. The van der Waals surface area contributed by atoms with Crippen LogP contribution in [0.1, 0.15) is 43.7 Å². The highest BCUT2D eigenvalue weighted by Gasteiger charge is 2.42. The Balaban J connectivity index is 1.99. The molecule has 0 spiro atoms. The molecule has 2 aromatic rings. The first-order chi connectivity index (χ1) is 11.4. The predicted octanol–water partition coefficient (Wildman–Crippen LogP) is 3.56. The Morgan fingerprint density at radius 2 is 1.88 bits per heavy atom. The van der Waals surface area contributed by atoms with Crippen molar-refractivity contribution in [3.63, 3.8) is 0 Å². The Morgan fingerprint density at radius 3 is 2.62 bits per heavy atom. The molecule has 1 aromatic heterocycles. The van der Waals surface area contributed by atoms with Crippen LogP contribution in [-0.4, -0.2) is 16.0 Å². The van der Waals surface area contributed by atoms with Crippen LogP contribution < -0.4 is 10.9 Å². The van der Waals surface area contributed by atoms with Gasteiger partial charge in [0, 0.05) is 28.6 Å². The number of aromatic amines is 2. The number of allylic oxidation sites excluding steroid dienone is 2. The van der Waals surface area contributed by atoms with E-state index in [1.165, 1.54) is 0 Å². The van der Waals surface area contributed by atoms with Crippen LogP contribution in [0.15, 0.2) is 40.3 Å². The summed E-state index contributed by atoms with van der Waals surface area (Å²) in [5.74, 6) is 0.252. The third-order valence-corrected chi connectivity index (χ3v) is 5.15. The number of fused-ring (bicyclic) bond motifs is 1. The first-order valence-electron chi connectivity index (χ1n) is 7.95. The van der Waals surface area contributed by atoms with Crippen molar-refractivity contribution in [2.24, 2.45) is 5.41 Å². The van der Waals surface area contributed by atoms with Crippen molar-refractivity contribution in [1.82, 2.24) is 10.2 Å². The Kier molecular flexibility index (Phi) is 3.25. The van der Waals surface area contributed by atoms with Gasteiger partial charge in [0.1, 0.15) is 5.82 Å². The molecule has 0 amide bonds. The highest BCUT2D eigenvalue weighted by Crippen LogP contribution is 2.48. The van der Waals surface area contributed by atoms with Gasteiger partial charge in [0.05, 0.1) is 5.56 Å². The van der Waals surface area contributed by atoms with E-state index in [2.05, 4.69) is 29.4 Å². The lowest BCUT2D eigenvalue weighted by molar-refractivity contribution is -0.118. The SMILES string of the molecule is CC1(C)CC(=O)C2=C(C1)Nc1[nH][nH]c(=O)c1C2c1ccccc1Cl. The summed E-state index contributed by atoms with van der Waals surface area (Å²) in [6, 6.07) is 7.39. The molecule has 24 heavy (non-hydrogen) atoms. The molecule has 1 aromatic carbocycles. The minimum Gasteiger partial charge on any atom is -0.343 e. The van der Waals surface area contributed by atoms with E-state index in [4.69, 9.17) is 11.6 Å². The minimum atomic E-state index is -0.441. The number of nitrogens with one attached hydrogen (secondary N) is 3. The van der Waals surface area contributed by atoms with E-state index in [0.717, 1.165) is 17.7 Å². The van der Waals surface area contributed by atoms with E-state index in [1.54, 1.807) is 6.07 Å². The lowest BCUT2D eigenvalue weighted by Crippen LogP contribution is -2.35. The Labute approximate surface area is 144 Å². The number of halogens is 1. The first-order valence-corrected chi connectivity index (χ1v) is 8.33. The summed E-state index contributed by atoms with van der Waals surface area (Å²) in [5, 5.41) is 9.31. The molecule has 2 heterocycles. The van der Waals surface area contributed by atoms with Crippen molar-refractivity contribution < 1.29 is 4.79 Å². The van der Waals surface area contributed by atoms with Crippen LogP contribution in [0.2, 0.25) is 5.02 Å². The lowest BCUT2D eigenvalue weighted by atomic mass is 9.69. The minimum absolute atomic E-state index is 0.0740. The van der Waals surface area contributed by atoms with Gasteiger partial charge in [0.25, 0.3) is 5.56 Å². The van der Waals surface area contributed by atoms with Crippen LogP contribution in [0.5, 0.6) is 0 Å². The van der Waals surface area contributed by atoms with Gasteiger partial charge in [0.2, 0.25) is 0 Å². The molecule has 2 aliphatic rings.